The molecule has 5 fully saturated rings. The molecule has 11 atom stereocenters. The van der Waals surface area contributed by atoms with Gasteiger partial charge in [-0.15, -0.1) is 0 Å². The normalized spacial score (nSPS) is 49.5. The van der Waals surface area contributed by atoms with Crippen LogP contribution in [0, 0.1) is 52.3 Å². The van der Waals surface area contributed by atoms with Crippen molar-refractivity contribution in [3.63, 3.8) is 0 Å². The highest BCUT2D eigenvalue weighted by Crippen LogP contribution is 2.67. The van der Waals surface area contributed by atoms with E-state index in [1.54, 1.807) is 0 Å². The first-order valence-corrected chi connectivity index (χ1v) is 14.1. The van der Waals surface area contributed by atoms with Crippen LogP contribution in [0.4, 0.5) is 0 Å². The van der Waals surface area contributed by atoms with Gasteiger partial charge in [-0.2, -0.15) is 0 Å². The highest BCUT2D eigenvalue weighted by atomic mass is 16.3. The number of amides is 1. The molecule has 1 heterocycles. The first-order chi connectivity index (χ1) is 15.9. The van der Waals surface area contributed by atoms with Crippen molar-refractivity contribution < 1.29 is 14.7 Å². The van der Waals surface area contributed by atoms with E-state index in [9.17, 15) is 14.7 Å². The minimum absolute atomic E-state index is 0.0550. The zero-order chi connectivity index (χ0) is 24.7. The largest absolute Gasteiger partial charge is 0.393 e. The Hall–Kier alpha value is -0.940. The second-order valence-corrected chi connectivity index (χ2v) is 13.9. The van der Waals surface area contributed by atoms with Crippen molar-refractivity contribution >= 4 is 11.7 Å². The van der Waals surface area contributed by atoms with Gasteiger partial charge in [-0.05, 0) is 100 Å². The summed E-state index contributed by atoms with van der Waals surface area (Å²) in [6.07, 6.45) is 7.05. The number of aliphatic hydroxyl groups is 1. The standard InChI is InChI=1S/C29H48N2O3/c1-16(2)19-15-31(27(19)34)23-11-13-28(4)20-10-12-29(5)22(18(20)8-9-21(28)26(23)33)14-24(32)25(29)17(3)30(6)7/h16-25,32H,8-15H2,1-7H3/t17-,18+,19-,20-,21?,22-,23-,24+,25-,28+,29-/m0/s1. The second-order valence-electron chi connectivity index (χ2n) is 13.9. The molecule has 0 aromatic carbocycles. The number of carbonyl (C=O) groups excluding carboxylic acids is 2. The van der Waals surface area contributed by atoms with Crippen molar-refractivity contribution in [3.05, 3.63) is 0 Å². The van der Waals surface area contributed by atoms with Gasteiger partial charge in [-0.25, -0.2) is 0 Å². The average molecular weight is 473 g/mol. The number of hydrogen-bond donors (Lipinski definition) is 1. The van der Waals surface area contributed by atoms with Crippen LogP contribution in [0.3, 0.4) is 0 Å². The van der Waals surface area contributed by atoms with Gasteiger partial charge in [0.1, 0.15) is 0 Å². The van der Waals surface area contributed by atoms with E-state index in [4.69, 9.17) is 0 Å². The van der Waals surface area contributed by atoms with Crippen LogP contribution in [0.25, 0.3) is 0 Å². The Morgan fingerprint density at radius 1 is 0.971 bits per heavy atom. The van der Waals surface area contributed by atoms with Gasteiger partial charge in [-0.1, -0.05) is 27.7 Å². The van der Waals surface area contributed by atoms with E-state index in [0.717, 1.165) is 38.6 Å². The van der Waals surface area contributed by atoms with Crippen molar-refractivity contribution in [2.24, 2.45) is 52.3 Å². The Morgan fingerprint density at radius 3 is 2.26 bits per heavy atom. The molecule has 1 N–H and O–H groups in total. The molecule has 5 heteroatoms. The van der Waals surface area contributed by atoms with Crippen LogP contribution >= 0.6 is 0 Å². The highest BCUT2D eigenvalue weighted by Gasteiger charge is 2.64. The number of ketones is 1. The van der Waals surface area contributed by atoms with E-state index in [-0.39, 0.29) is 40.7 Å². The molecule has 1 aliphatic heterocycles. The molecule has 1 amide bonds. The molecule has 1 unspecified atom stereocenters. The summed E-state index contributed by atoms with van der Waals surface area (Å²) in [4.78, 5) is 30.8. The number of hydrogen-bond acceptors (Lipinski definition) is 4. The van der Waals surface area contributed by atoms with Crippen LogP contribution < -0.4 is 0 Å². The lowest BCUT2D eigenvalue weighted by molar-refractivity contribution is -0.171. The molecular formula is C29H48N2O3. The van der Waals surface area contributed by atoms with Crippen molar-refractivity contribution in [2.45, 2.75) is 97.8 Å². The van der Waals surface area contributed by atoms with E-state index in [1.165, 1.54) is 12.8 Å². The SMILES string of the molecule is CC(C)[C@@H]1CN([C@H]2CC[C@@]3(C)C(CC[C@H]4[C@@H]5C[C@@H](O)[C@H]([C@H](C)N(C)C)[C@@]5(C)CC[C@@H]43)C2=O)C1=O. The van der Waals surface area contributed by atoms with Crippen LogP contribution in [0.15, 0.2) is 0 Å². The van der Waals surface area contributed by atoms with Crippen molar-refractivity contribution in [1.29, 1.82) is 0 Å². The molecule has 34 heavy (non-hydrogen) atoms. The maximum atomic E-state index is 13.8. The predicted octanol–water partition coefficient (Wildman–Crippen LogP) is 4.23. The lowest BCUT2D eigenvalue weighted by Gasteiger charge is -2.61. The molecule has 5 nitrogen and oxygen atoms in total. The van der Waals surface area contributed by atoms with Crippen LogP contribution in [0.2, 0.25) is 0 Å². The summed E-state index contributed by atoms with van der Waals surface area (Å²) in [5.74, 6) is 3.22. The molecule has 0 spiro atoms. The minimum Gasteiger partial charge on any atom is -0.393 e. The fourth-order valence-electron chi connectivity index (χ4n) is 9.92. The highest BCUT2D eigenvalue weighted by molar-refractivity contribution is 5.95. The average Bonchev–Trinajstić information content (AvgIpc) is 3.03. The second kappa shape index (κ2) is 8.30. The summed E-state index contributed by atoms with van der Waals surface area (Å²) in [5, 5.41) is 11.2. The monoisotopic (exact) mass is 472 g/mol. The Balaban J connectivity index is 1.35. The molecule has 0 aromatic heterocycles. The molecular weight excluding hydrogens is 424 g/mol. The Kier molecular flexibility index (Phi) is 6.04. The van der Waals surface area contributed by atoms with E-state index in [2.05, 4.69) is 53.6 Å². The van der Waals surface area contributed by atoms with Crippen LogP contribution in [-0.4, -0.2) is 65.4 Å². The third-order valence-electron chi connectivity index (χ3n) is 12.1. The van der Waals surface area contributed by atoms with Gasteiger partial charge >= 0.3 is 0 Å². The lowest BCUT2D eigenvalue weighted by atomic mass is 9.44. The molecule has 5 rings (SSSR count). The number of likely N-dealkylation sites (tertiary alicyclic amines) is 1. The van der Waals surface area contributed by atoms with Gasteiger partial charge in [0.25, 0.3) is 0 Å². The number of β-lactam (4-membered cyclic amide) rings is 1. The maximum absolute atomic E-state index is 13.8. The smallest absolute Gasteiger partial charge is 0.228 e. The fraction of sp³-hybridized carbons (Fsp3) is 0.931. The first-order valence-electron chi connectivity index (χ1n) is 14.1. The molecule has 4 aliphatic carbocycles. The fourth-order valence-corrected chi connectivity index (χ4v) is 9.92. The number of carbonyl (C=O) groups is 2. The van der Waals surface area contributed by atoms with Gasteiger partial charge in [-0.3, -0.25) is 9.59 Å². The Bertz CT molecular complexity index is 841. The van der Waals surface area contributed by atoms with Gasteiger partial charge in [0, 0.05) is 24.4 Å². The summed E-state index contributed by atoms with van der Waals surface area (Å²) in [6, 6.07) is 0.193. The van der Waals surface area contributed by atoms with Gasteiger partial charge in [0.15, 0.2) is 5.78 Å². The minimum atomic E-state index is -0.222. The van der Waals surface area contributed by atoms with Crippen LogP contribution in [0.1, 0.15) is 79.6 Å². The van der Waals surface area contributed by atoms with E-state index < -0.39 is 0 Å². The van der Waals surface area contributed by atoms with Crippen LogP contribution in [-0.2, 0) is 9.59 Å². The van der Waals surface area contributed by atoms with Crippen molar-refractivity contribution in [2.75, 3.05) is 20.6 Å². The summed E-state index contributed by atoms with van der Waals surface area (Å²) in [6.45, 7) is 12.2. The number of aliphatic hydroxyl groups excluding tert-OH is 1. The number of Topliss-reactive ketones (excluding diaryl/α,β-unsaturated/α-hetero) is 1. The van der Waals surface area contributed by atoms with E-state index >= 15 is 0 Å². The predicted molar refractivity (Wildman–Crippen MR) is 134 cm³/mol. The maximum Gasteiger partial charge on any atom is 0.228 e. The summed E-state index contributed by atoms with van der Waals surface area (Å²) in [5.41, 5.74) is 0.240. The van der Waals surface area contributed by atoms with E-state index in [0.29, 0.717) is 41.4 Å². The van der Waals surface area contributed by atoms with E-state index in [1.807, 2.05) is 4.90 Å². The summed E-state index contributed by atoms with van der Waals surface area (Å²) in [7, 11) is 4.28. The van der Waals surface area contributed by atoms with Crippen LogP contribution in [0.5, 0.6) is 0 Å². The summed E-state index contributed by atoms with van der Waals surface area (Å²) < 4.78 is 0. The zero-order valence-corrected chi connectivity index (χ0v) is 22.6. The lowest BCUT2D eigenvalue weighted by Crippen LogP contribution is -2.65. The third-order valence-corrected chi connectivity index (χ3v) is 12.1. The molecule has 0 radical (unpaired) electrons. The Morgan fingerprint density at radius 2 is 1.65 bits per heavy atom. The number of nitrogens with zero attached hydrogens (tertiary/aromatic N) is 2. The number of rotatable bonds is 4. The van der Waals surface area contributed by atoms with Crippen molar-refractivity contribution in [1.82, 2.24) is 9.80 Å². The quantitative estimate of drug-likeness (QED) is 0.622. The topological polar surface area (TPSA) is 60.9 Å². The molecule has 1 saturated heterocycles. The van der Waals surface area contributed by atoms with Gasteiger partial charge in [0.05, 0.1) is 18.1 Å². The molecule has 5 aliphatic rings. The summed E-state index contributed by atoms with van der Waals surface area (Å²) >= 11 is 0. The zero-order valence-electron chi connectivity index (χ0n) is 22.6. The molecule has 0 aromatic rings. The van der Waals surface area contributed by atoms with Crippen molar-refractivity contribution in [3.8, 4) is 0 Å². The Labute approximate surface area is 207 Å². The van der Waals surface area contributed by atoms with Gasteiger partial charge < -0.3 is 14.9 Å². The third kappa shape index (κ3) is 3.31. The molecule has 192 valence electrons. The molecule has 4 saturated carbocycles. The first kappa shape index (κ1) is 24.7. The molecule has 0 bridgehead atoms. The van der Waals surface area contributed by atoms with Gasteiger partial charge in [0.2, 0.25) is 5.91 Å². The number of fused-ring (bicyclic) bond motifs is 5.